The average Bonchev–Trinajstić information content (AvgIpc) is 2.60. The minimum Gasteiger partial charge on any atom is -0.300 e. The lowest BCUT2D eigenvalue weighted by molar-refractivity contribution is -0.118. The topological polar surface area (TPSA) is 17.1 Å². The molecule has 0 unspecified atom stereocenters. The number of ketones is 1. The van der Waals surface area contributed by atoms with Gasteiger partial charge in [0, 0.05) is 18.3 Å². The van der Waals surface area contributed by atoms with E-state index in [0.29, 0.717) is 11.2 Å². The lowest BCUT2D eigenvalue weighted by Gasteiger charge is -2.42. The molecule has 0 aromatic heterocycles. The van der Waals surface area contributed by atoms with Crippen molar-refractivity contribution in [3.05, 3.63) is 12.2 Å². The van der Waals surface area contributed by atoms with Crippen LogP contribution in [0.25, 0.3) is 0 Å². The Morgan fingerprint density at radius 3 is 2.60 bits per heavy atom. The van der Waals surface area contributed by atoms with Crippen molar-refractivity contribution in [2.75, 3.05) is 0 Å². The minimum atomic E-state index is 0.134. The monoisotopic (exact) mass is 204 g/mol. The molecule has 1 spiro atoms. The van der Waals surface area contributed by atoms with Gasteiger partial charge in [-0.3, -0.25) is 4.79 Å². The van der Waals surface area contributed by atoms with Crippen molar-refractivity contribution >= 4 is 5.78 Å². The Hall–Kier alpha value is -0.590. The lowest BCUT2D eigenvalue weighted by atomic mass is 9.60. The normalized spacial score (nSPS) is 53.5. The molecule has 0 radical (unpaired) electrons. The summed E-state index contributed by atoms with van der Waals surface area (Å²) in [7, 11) is 0. The van der Waals surface area contributed by atoms with Gasteiger partial charge < -0.3 is 0 Å². The van der Waals surface area contributed by atoms with Gasteiger partial charge in [-0.05, 0) is 30.1 Å². The van der Waals surface area contributed by atoms with Gasteiger partial charge in [-0.25, -0.2) is 0 Å². The van der Waals surface area contributed by atoms with Gasteiger partial charge in [0.1, 0.15) is 5.78 Å². The van der Waals surface area contributed by atoms with Gasteiger partial charge in [0.15, 0.2) is 0 Å². The van der Waals surface area contributed by atoms with E-state index >= 15 is 0 Å². The zero-order chi connectivity index (χ0) is 10.9. The van der Waals surface area contributed by atoms with Crippen molar-refractivity contribution in [3.8, 4) is 0 Å². The summed E-state index contributed by atoms with van der Waals surface area (Å²) in [4.78, 5) is 11.8. The summed E-state index contributed by atoms with van der Waals surface area (Å²) in [5, 5.41) is 0. The Morgan fingerprint density at radius 1 is 1.13 bits per heavy atom. The molecule has 0 saturated heterocycles. The smallest absolute Gasteiger partial charge is 0.134 e. The predicted octanol–water partition coefficient (Wildman–Crippen LogP) is 3.49. The quantitative estimate of drug-likeness (QED) is 0.552. The van der Waals surface area contributed by atoms with Crippen LogP contribution in [0.3, 0.4) is 0 Å². The number of hydrogen-bond acceptors (Lipinski definition) is 1. The highest BCUT2D eigenvalue weighted by Crippen LogP contribution is 2.77. The fraction of sp³-hybridized carbons (Fsp3) is 0.786. The molecule has 0 aromatic carbocycles. The van der Waals surface area contributed by atoms with Crippen LogP contribution in [0.2, 0.25) is 0 Å². The molecule has 0 heterocycles. The molecule has 3 aliphatic rings. The van der Waals surface area contributed by atoms with Crippen LogP contribution < -0.4 is 0 Å². The molecule has 15 heavy (non-hydrogen) atoms. The Morgan fingerprint density at radius 2 is 1.87 bits per heavy atom. The molecule has 0 amide bonds. The SMILES string of the molecule is C=C1C[C@@]2(C)CCC[C@]23CC(=O)C[C@]13C. The fourth-order valence-corrected chi connectivity index (χ4v) is 5.11. The van der Waals surface area contributed by atoms with E-state index in [1.165, 1.54) is 24.8 Å². The molecule has 0 bridgehead atoms. The molecule has 3 aliphatic carbocycles. The maximum atomic E-state index is 11.8. The summed E-state index contributed by atoms with van der Waals surface area (Å²) >= 11 is 0. The maximum absolute atomic E-state index is 11.8. The molecule has 0 aliphatic heterocycles. The summed E-state index contributed by atoms with van der Waals surface area (Å²) in [6.07, 6.45) is 6.63. The van der Waals surface area contributed by atoms with Crippen molar-refractivity contribution in [2.45, 2.75) is 52.4 Å². The van der Waals surface area contributed by atoms with Crippen LogP contribution in [0.5, 0.6) is 0 Å². The number of rotatable bonds is 0. The highest BCUT2D eigenvalue weighted by Gasteiger charge is 2.70. The van der Waals surface area contributed by atoms with E-state index in [-0.39, 0.29) is 10.8 Å². The Bertz CT molecular complexity index is 370. The van der Waals surface area contributed by atoms with Crippen LogP contribution in [0.1, 0.15) is 52.4 Å². The average molecular weight is 204 g/mol. The summed E-state index contributed by atoms with van der Waals surface area (Å²) in [5.41, 5.74) is 2.16. The van der Waals surface area contributed by atoms with Crippen LogP contribution in [0.4, 0.5) is 0 Å². The number of carbonyl (C=O) groups excluding carboxylic acids is 1. The third-order valence-electron chi connectivity index (χ3n) is 5.98. The van der Waals surface area contributed by atoms with Gasteiger partial charge in [-0.15, -0.1) is 0 Å². The number of Topliss-reactive ketones (excluding diaryl/α,β-unsaturated/α-hetero) is 1. The molecule has 82 valence electrons. The van der Waals surface area contributed by atoms with Gasteiger partial charge in [0.25, 0.3) is 0 Å². The van der Waals surface area contributed by atoms with Gasteiger partial charge in [0.2, 0.25) is 0 Å². The van der Waals surface area contributed by atoms with Crippen LogP contribution in [-0.2, 0) is 4.79 Å². The third kappa shape index (κ3) is 0.811. The number of hydrogen-bond donors (Lipinski definition) is 0. The van der Waals surface area contributed by atoms with Crippen LogP contribution in [0, 0.1) is 16.2 Å². The van der Waals surface area contributed by atoms with Crippen LogP contribution in [-0.4, -0.2) is 5.78 Å². The zero-order valence-corrected chi connectivity index (χ0v) is 9.86. The Balaban J connectivity index is 2.20. The lowest BCUT2D eigenvalue weighted by Crippen LogP contribution is -2.37. The number of carbonyl (C=O) groups is 1. The number of allylic oxidation sites excluding steroid dienone is 1. The molecule has 3 atom stereocenters. The fourth-order valence-electron chi connectivity index (χ4n) is 5.11. The van der Waals surface area contributed by atoms with E-state index in [4.69, 9.17) is 0 Å². The molecule has 3 saturated carbocycles. The van der Waals surface area contributed by atoms with E-state index in [9.17, 15) is 4.79 Å². The predicted molar refractivity (Wildman–Crippen MR) is 60.5 cm³/mol. The first-order valence-corrected chi connectivity index (χ1v) is 6.14. The van der Waals surface area contributed by atoms with E-state index in [1.807, 2.05) is 0 Å². The van der Waals surface area contributed by atoms with E-state index < -0.39 is 0 Å². The van der Waals surface area contributed by atoms with Crippen molar-refractivity contribution < 1.29 is 4.79 Å². The van der Waals surface area contributed by atoms with Gasteiger partial charge in [-0.1, -0.05) is 32.4 Å². The minimum absolute atomic E-state index is 0.134. The first-order chi connectivity index (χ1) is 6.94. The second-order valence-corrected chi connectivity index (χ2v) is 6.50. The molecule has 0 N–H and O–H groups in total. The molecule has 3 rings (SSSR count). The maximum Gasteiger partial charge on any atom is 0.134 e. The van der Waals surface area contributed by atoms with Crippen LogP contribution >= 0.6 is 0 Å². The molecule has 1 nitrogen and oxygen atoms in total. The highest BCUT2D eigenvalue weighted by molar-refractivity contribution is 5.84. The molecule has 1 heteroatoms. The summed E-state index contributed by atoms with van der Waals surface area (Å²) < 4.78 is 0. The largest absolute Gasteiger partial charge is 0.300 e. The van der Waals surface area contributed by atoms with Crippen LogP contribution in [0.15, 0.2) is 12.2 Å². The highest BCUT2D eigenvalue weighted by atomic mass is 16.1. The van der Waals surface area contributed by atoms with Gasteiger partial charge in [-0.2, -0.15) is 0 Å². The molecule has 3 fully saturated rings. The summed E-state index contributed by atoms with van der Waals surface area (Å²) in [6, 6.07) is 0. The Labute approximate surface area is 91.9 Å². The van der Waals surface area contributed by atoms with Gasteiger partial charge >= 0.3 is 0 Å². The van der Waals surface area contributed by atoms with Crippen molar-refractivity contribution in [2.24, 2.45) is 16.2 Å². The first kappa shape index (κ1) is 9.62. The van der Waals surface area contributed by atoms with Crippen molar-refractivity contribution in [1.29, 1.82) is 0 Å². The zero-order valence-electron chi connectivity index (χ0n) is 9.86. The Kier molecular flexibility index (Phi) is 1.53. The summed E-state index contributed by atoms with van der Waals surface area (Å²) in [5.74, 6) is 0.478. The third-order valence-corrected chi connectivity index (χ3v) is 5.98. The molecule has 0 aromatic rings. The molecular weight excluding hydrogens is 184 g/mol. The standard InChI is InChI=1S/C14H20O/c1-10-7-12(2)5-4-6-14(12)9-11(15)8-13(10,14)3/h1,4-9H2,2-3H3/t12-,13-,14+/m1/s1. The first-order valence-electron chi connectivity index (χ1n) is 6.14. The van der Waals surface area contributed by atoms with E-state index in [1.54, 1.807) is 0 Å². The van der Waals surface area contributed by atoms with Crippen molar-refractivity contribution in [3.63, 3.8) is 0 Å². The molecular formula is C14H20O. The van der Waals surface area contributed by atoms with Crippen molar-refractivity contribution in [1.82, 2.24) is 0 Å². The van der Waals surface area contributed by atoms with E-state index in [2.05, 4.69) is 20.4 Å². The second kappa shape index (κ2) is 2.39. The summed E-state index contributed by atoms with van der Waals surface area (Å²) in [6.45, 7) is 8.97. The second-order valence-electron chi connectivity index (χ2n) is 6.50. The van der Waals surface area contributed by atoms with E-state index in [0.717, 1.165) is 19.3 Å². The van der Waals surface area contributed by atoms with Gasteiger partial charge in [0.05, 0.1) is 0 Å².